The molecule has 0 unspecified atom stereocenters. The lowest BCUT2D eigenvalue weighted by Crippen LogP contribution is -2.20. The Morgan fingerprint density at radius 1 is 1.25 bits per heavy atom. The molecule has 0 aliphatic rings. The van der Waals surface area contributed by atoms with E-state index in [9.17, 15) is 4.79 Å². The number of benzene rings is 2. The molecule has 0 fully saturated rings. The van der Waals surface area contributed by atoms with Crippen molar-refractivity contribution in [3.8, 4) is 11.8 Å². The molecule has 100 valence electrons. The average Bonchev–Trinajstić information content (AvgIpc) is 2.48. The number of ether oxygens (including phenoxy) is 1. The Balaban J connectivity index is 1.89. The second-order valence-corrected chi connectivity index (χ2v) is 4.34. The topological polar surface area (TPSA) is 62.1 Å². The third kappa shape index (κ3) is 3.85. The highest BCUT2D eigenvalue weighted by Gasteiger charge is 2.04. The van der Waals surface area contributed by atoms with Crippen LogP contribution in [-0.2, 0) is 4.79 Å². The number of hydrogen-bond acceptors (Lipinski definition) is 3. The van der Waals surface area contributed by atoms with Crippen LogP contribution in [0.2, 0.25) is 0 Å². The first-order valence-electron chi connectivity index (χ1n) is 6.17. The van der Waals surface area contributed by atoms with Gasteiger partial charge in [-0.1, -0.05) is 23.8 Å². The molecule has 0 aromatic heterocycles. The number of hydrogen-bond donors (Lipinski definition) is 1. The van der Waals surface area contributed by atoms with Gasteiger partial charge in [0.2, 0.25) is 0 Å². The molecule has 0 bridgehead atoms. The Kier molecular flexibility index (Phi) is 4.35. The molecule has 4 nitrogen and oxygen atoms in total. The van der Waals surface area contributed by atoms with Crippen LogP contribution in [0.3, 0.4) is 0 Å². The molecule has 1 N–H and O–H groups in total. The maximum atomic E-state index is 11.7. The van der Waals surface area contributed by atoms with E-state index in [-0.39, 0.29) is 12.5 Å². The van der Waals surface area contributed by atoms with Crippen molar-refractivity contribution in [3.05, 3.63) is 59.7 Å². The van der Waals surface area contributed by atoms with Crippen LogP contribution in [0.4, 0.5) is 5.69 Å². The number of amides is 1. The summed E-state index contributed by atoms with van der Waals surface area (Å²) in [4.78, 5) is 11.7. The Morgan fingerprint density at radius 2 is 2.00 bits per heavy atom. The van der Waals surface area contributed by atoms with E-state index in [1.165, 1.54) is 0 Å². The summed E-state index contributed by atoms with van der Waals surface area (Å²) in [6.45, 7) is 1.89. The van der Waals surface area contributed by atoms with Gasteiger partial charge in [-0.2, -0.15) is 5.26 Å². The van der Waals surface area contributed by atoms with Gasteiger partial charge in [-0.25, -0.2) is 0 Å². The van der Waals surface area contributed by atoms with E-state index in [0.717, 1.165) is 11.3 Å². The summed E-state index contributed by atoms with van der Waals surface area (Å²) in [7, 11) is 0. The fraction of sp³-hybridized carbons (Fsp3) is 0.125. The molecule has 2 aromatic carbocycles. The first kappa shape index (κ1) is 13.6. The highest BCUT2D eigenvalue weighted by Crippen LogP contribution is 2.13. The Hall–Kier alpha value is -2.80. The maximum absolute atomic E-state index is 11.7. The molecule has 4 heteroatoms. The van der Waals surface area contributed by atoms with Crippen LogP contribution in [-0.4, -0.2) is 12.5 Å². The quantitative estimate of drug-likeness (QED) is 0.925. The van der Waals surface area contributed by atoms with E-state index >= 15 is 0 Å². The van der Waals surface area contributed by atoms with Crippen molar-refractivity contribution in [2.24, 2.45) is 0 Å². The SMILES string of the molecule is Cc1ccc(NC(=O)COc2cccc(C#N)c2)cc1. The second-order valence-electron chi connectivity index (χ2n) is 4.34. The number of anilines is 1. The molecule has 0 saturated carbocycles. The molecule has 2 aromatic rings. The molecule has 0 aliphatic heterocycles. The highest BCUT2D eigenvalue weighted by atomic mass is 16.5. The van der Waals surface area contributed by atoms with E-state index in [1.54, 1.807) is 24.3 Å². The van der Waals surface area contributed by atoms with Gasteiger partial charge >= 0.3 is 0 Å². The molecule has 0 aliphatic carbocycles. The van der Waals surface area contributed by atoms with E-state index in [1.807, 2.05) is 37.3 Å². The van der Waals surface area contributed by atoms with Gasteiger partial charge in [0.1, 0.15) is 5.75 Å². The third-order valence-corrected chi connectivity index (χ3v) is 2.67. The lowest BCUT2D eigenvalue weighted by molar-refractivity contribution is -0.118. The Bertz CT molecular complexity index is 642. The summed E-state index contributed by atoms with van der Waals surface area (Å²) < 4.78 is 5.34. The van der Waals surface area contributed by atoms with E-state index in [4.69, 9.17) is 10.00 Å². The van der Waals surface area contributed by atoms with Crippen molar-refractivity contribution >= 4 is 11.6 Å². The fourth-order valence-corrected chi connectivity index (χ4v) is 1.64. The normalized spacial score (nSPS) is 9.60. The van der Waals surface area contributed by atoms with Crippen LogP contribution in [0.1, 0.15) is 11.1 Å². The molecular formula is C16H14N2O2. The van der Waals surface area contributed by atoms with E-state index in [0.29, 0.717) is 11.3 Å². The van der Waals surface area contributed by atoms with Gasteiger partial charge < -0.3 is 10.1 Å². The summed E-state index contributed by atoms with van der Waals surface area (Å²) >= 11 is 0. The van der Waals surface area contributed by atoms with Crippen LogP contribution in [0.15, 0.2) is 48.5 Å². The predicted molar refractivity (Wildman–Crippen MR) is 76.5 cm³/mol. The van der Waals surface area contributed by atoms with E-state index in [2.05, 4.69) is 5.32 Å². The van der Waals surface area contributed by atoms with Gasteiger partial charge in [-0.05, 0) is 37.3 Å². The van der Waals surface area contributed by atoms with Crippen molar-refractivity contribution in [1.29, 1.82) is 5.26 Å². The number of aryl methyl sites for hydroxylation is 1. The van der Waals surface area contributed by atoms with Crippen LogP contribution in [0.25, 0.3) is 0 Å². The summed E-state index contributed by atoms with van der Waals surface area (Å²) in [6.07, 6.45) is 0. The zero-order valence-electron chi connectivity index (χ0n) is 11.1. The molecule has 2 rings (SSSR count). The summed E-state index contributed by atoms with van der Waals surface area (Å²) in [5, 5.41) is 11.5. The first-order chi connectivity index (χ1) is 9.67. The van der Waals surface area contributed by atoms with E-state index < -0.39 is 0 Å². The van der Waals surface area contributed by atoms with Crippen LogP contribution >= 0.6 is 0 Å². The smallest absolute Gasteiger partial charge is 0.262 e. The lowest BCUT2D eigenvalue weighted by Gasteiger charge is -2.07. The molecule has 0 radical (unpaired) electrons. The van der Waals surface area contributed by atoms with Gasteiger partial charge in [-0.15, -0.1) is 0 Å². The van der Waals surface area contributed by atoms with Gasteiger partial charge in [0, 0.05) is 5.69 Å². The first-order valence-corrected chi connectivity index (χ1v) is 6.17. The van der Waals surface area contributed by atoms with Crippen molar-refractivity contribution < 1.29 is 9.53 Å². The third-order valence-electron chi connectivity index (χ3n) is 2.67. The second kappa shape index (κ2) is 6.39. The average molecular weight is 266 g/mol. The Labute approximate surface area is 117 Å². The standard InChI is InChI=1S/C16H14N2O2/c1-12-5-7-14(8-6-12)18-16(19)11-20-15-4-2-3-13(9-15)10-17/h2-9H,11H2,1H3,(H,18,19). The number of nitrogens with zero attached hydrogens (tertiary/aromatic N) is 1. The van der Waals surface area contributed by atoms with Gasteiger partial charge in [0.15, 0.2) is 6.61 Å². The van der Waals surface area contributed by atoms with Crippen molar-refractivity contribution in [1.82, 2.24) is 0 Å². The van der Waals surface area contributed by atoms with Crippen molar-refractivity contribution in [2.45, 2.75) is 6.92 Å². The molecule has 0 heterocycles. The summed E-state index contributed by atoms with van der Waals surface area (Å²) in [6, 6.07) is 16.2. The zero-order chi connectivity index (χ0) is 14.4. The van der Waals surface area contributed by atoms with Gasteiger partial charge in [0.25, 0.3) is 5.91 Å². The summed E-state index contributed by atoms with van der Waals surface area (Å²) in [5.74, 6) is 0.263. The zero-order valence-corrected chi connectivity index (χ0v) is 11.1. The molecule has 20 heavy (non-hydrogen) atoms. The minimum Gasteiger partial charge on any atom is -0.484 e. The summed E-state index contributed by atoms with van der Waals surface area (Å²) in [5.41, 5.74) is 2.36. The Morgan fingerprint density at radius 3 is 2.70 bits per heavy atom. The van der Waals surface area contributed by atoms with Gasteiger partial charge in [-0.3, -0.25) is 4.79 Å². The molecule has 1 amide bonds. The van der Waals surface area contributed by atoms with Crippen molar-refractivity contribution in [2.75, 3.05) is 11.9 Å². The fourth-order valence-electron chi connectivity index (χ4n) is 1.64. The van der Waals surface area contributed by atoms with Crippen molar-refractivity contribution in [3.63, 3.8) is 0 Å². The number of nitrogens with one attached hydrogen (secondary N) is 1. The maximum Gasteiger partial charge on any atom is 0.262 e. The lowest BCUT2D eigenvalue weighted by atomic mass is 10.2. The highest BCUT2D eigenvalue weighted by molar-refractivity contribution is 5.91. The number of rotatable bonds is 4. The molecule has 0 saturated heterocycles. The largest absolute Gasteiger partial charge is 0.484 e. The van der Waals surface area contributed by atoms with Crippen LogP contribution in [0.5, 0.6) is 5.75 Å². The van der Waals surface area contributed by atoms with Crippen LogP contribution < -0.4 is 10.1 Å². The molecular weight excluding hydrogens is 252 g/mol. The minimum absolute atomic E-state index is 0.0945. The number of nitriles is 1. The predicted octanol–water partition coefficient (Wildman–Crippen LogP) is 2.88. The van der Waals surface area contributed by atoms with Gasteiger partial charge in [0.05, 0.1) is 11.6 Å². The molecule has 0 atom stereocenters. The number of carbonyl (C=O) groups is 1. The molecule has 0 spiro atoms. The van der Waals surface area contributed by atoms with Crippen LogP contribution in [0, 0.1) is 18.3 Å². The number of carbonyl (C=O) groups excluding carboxylic acids is 1. The monoisotopic (exact) mass is 266 g/mol. The minimum atomic E-state index is -0.240.